The maximum absolute atomic E-state index is 12.3. The van der Waals surface area contributed by atoms with Gasteiger partial charge in [0, 0.05) is 17.1 Å². The Labute approximate surface area is 166 Å². The molecule has 0 fully saturated rings. The first-order valence-corrected chi connectivity index (χ1v) is 9.81. The zero-order valence-corrected chi connectivity index (χ0v) is 16.1. The number of ether oxygens (including phenoxy) is 2. The van der Waals surface area contributed by atoms with E-state index in [1.165, 1.54) is 0 Å². The number of esters is 1. The van der Waals surface area contributed by atoms with Crippen LogP contribution in [0.5, 0.6) is 5.75 Å². The summed E-state index contributed by atoms with van der Waals surface area (Å²) >= 11 is 1.55. The van der Waals surface area contributed by atoms with Gasteiger partial charge < -0.3 is 20.1 Å². The lowest BCUT2D eigenvalue weighted by atomic mass is 10.2. The second-order valence-corrected chi connectivity index (χ2v) is 7.05. The lowest BCUT2D eigenvalue weighted by molar-refractivity contribution is -0.119. The van der Waals surface area contributed by atoms with Crippen molar-refractivity contribution < 1.29 is 23.9 Å². The number of thioether (sulfide) groups is 1. The molecule has 0 bridgehead atoms. The highest BCUT2D eigenvalue weighted by Crippen LogP contribution is 2.31. The number of fused-ring (bicyclic) bond motifs is 1. The number of benzene rings is 2. The molecule has 28 heavy (non-hydrogen) atoms. The van der Waals surface area contributed by atoms with E-state index in [4.69, 9.17) is 9.47 Å². The predicted octanol–water partition coefficient (Wildman–Crippen LogP) is 3.32. The second-order valence-electron chi connectivity index (χ2n) is 5.91. The Morgan fingerprint density at radius 1 is 1.21 bits per heavy atom. The lowest BCUT2D eigenvalue weighted by Gasteiger charge is -2.12. The SMILES string of the molecule is CCOc1ccccc1NC(=O)COC(=O)c1ccc2c(c1)NC(=O)CCS2. The Kier molecular flexibility index (Phi) is 6.54. The molecule has 2 aromatic rings. The van der Waals surface area contributed by atoms with E-state index in [0.29, 0.717) is 35.9 Å². The fraction of sp³-hybridized carbons (Fsp3) is 0.250. The number of carbonyl (C=O) groups is 3. The summed E-state index contributed by atoms with van der Waals surface area (Å²) < 4.78 is 10.5. The van der Waals surface area contributed by atoms with Crippen LogP contribution in [0.4, 0.5) is 11.4 Å². The quantitative estimate of drug-likeness (QED) is 0.723. The third-order valence-corrected chi connectivity index (χ3v) is 4.95. The van der Waals surface area contributed by atoms with Gasteiger partial charge in [-0.15, -0.1) is 11.8 Å². The monoisotopic (exact) mass is 400 g/mol. The number of carbonyl (C=O) groups excluding carboxylic acids is 3. The third kappa shape index (κ3) is 5.04. The summed E-state index contributed by atoms with van der Waals surface area (Å²) in [5, 5.41) is 5.44. The van der Waals surface area contributed by atoms with Crippen molar-refractivity contribution in [1.82, 2.24) is 0 Å². The molecule has 0 saturated carbocycles. The second kappa shape index (κ2) is 9.27. The van der Waals surface area contributed by atoms with Crippen LogP contribution in [-0.2, 0) is 14.3 Å². The van der Waals surface area contributed by atoms with Crippen LogP contribution in [0.2, 0.25) is 0 Å². The van der Waals surface area contributed by atoms with Gasteiger partial charge in [0.2, 0.25) is 5.91 Å². The van der Waals surface area contributed by atoms with Crippen LogP contribution >= 0.6 is 11.8 Å². The number of amides is 2. The van der Waals surface area contributed by atoms with Crippen LogP contribution in [0.1, 0.15) is 23.7 Å². The Balaban J connectivity index is 1.60. The molecule has 2 aromatic carbocycles. The summed E-state index contributed by atoms with van der Waals surface area (Å²) in [5.41, 5.74) is 1.36. The van der Waals surface area contributed by atoms with E-state index in [2.05, 4.69) is 10.6 Å². The van der Waals surface area contributed by atoms with E-state index in [0.717, 1.165) is 4.90 Å². The van der Waals surface area contributed by atoms with Crippen LogP contribution in [0.3, 0.4) is 0 Å². The number of nitrogens with one attached hydrogen (secondary N) is 2. The molecule has 0 aliphatic carbocycles. The molecule has 2 amide bonds. The van der Waals surface area contributed by atoms with Crippen molar-refractivity contribution >= 4 is 40.9 Å². The average Bonchev–Trinajstić information content (AvgIpc) is 2.87. The van der Waals surface area contributed by atoms with E-state index >= 15 is 0 Å². The third-order valence-electron chi connectivity index (χ3n) is 3.87. The first-order chi connectivity index (χ1) is 13.6. The van der Waals surface area contributed by atoms with Crippen LogP contribution < -0.4 is 15.4 Å². The first kappa shape index (κ1) is 19.8. The Morgan fingerprint density at radius 2 is 2.04 bits per heavy atom. The molecule has 0 unspecified atom stereocenters. The van der Waals surface area contributed by atoms with Crippen molar-refractivity contribution in [3.63, 3.8) is 0 Å². The molecule has 0 spiro atoms. The summed E-state index contributed by atoms with van der Waals surface area (Å²) in [7, 11) is 0. The first-order valence-electron chi connectivity index (χ1n) is 8.82. The molecule has 1 heterocycles. The average molecular weight is 400 g/mol. The largest absolute Gasteiger partial charge is 0.492 e. The molecule has 0 radical (unpaired) electrons. The summed E-state index contributed by atoms with van der Waals surface area (Å²) in [6.45, 7) is 1.88. The van der Waals surface area contributed by atoms with E-state index < -0.39 is 18.5 Å². The van der Waals surface area contributed by atoms with Gasteiger partial charge >= 0.3 is 5.97 Å². The van der Waals surface area contributed by atoms with E-state index in [1.54, 1.807) is 54.2 Å². The van der Waals surface area contributed by atoms with Crippen LogP contribution in [0, 0.1) is 0 Å². The van der Waals surface area contributed by atoms with E-state index in [1.807, 2.05) is 6.92 Å². The summed E-state index contributed by atoms with van der Waals surface area (Å²) in [5.74, 6) is 0.0258. The van der Waals surface area contributed by atoms with Gasteiger partial charge in [-0.05, 0) is 37.3 Å². The van der Waals surface area contributed by atoms with E-state index in [-0.39, 0.29) is 11.5 Å². The molecule has 146 valence electrons. The van der Waals surface area contributed by atoms with Gasteiger partial charge in [0.25, 0.3) is 5.91 Å². The standard InChI is InChI=1S/C20H20N2O5S/c1-2-26-16-6-4-3-5-14(16)21-19(24)12-27-20(25)13-7-8-17-15(11-13)22-18(23)9-10-28-17/h3-8,11H,2,9-10,12H2,1H3,(H,21,24)(H,22,23). The van der Waals surface area contributed by atoms with Gasteiger partial charge in [0.05, 0.1) is 23.5 Å². The zero-order valence-electron chi connectivity index (χ0n) is 15.3. The van der Waals surface area contributed by atoms with Gasteiger partial charge in [0.15, 0.2) is 6.61 Å². The molecule has 0 atom stereocenters. The van der Waals surface area contributed by atoms with Crippen molar-refractivity contribution in [1.29, 1.82) is 0 Å². The topological polar surface area (TPSA) is 93.7 Å². The van der Waals surface area contributed by atoms with Crippen LogP contribution in [0.15, 0.2) is 47.4 Å². The minimum absolute atomic E-state index is 0.0934. The minimum Gasteiger partial charge on any atom is -0.492 e. The molecule has 0 saturated heterocycles. The zero-order chi connectivity index (χ0) is 19.9. The van der Waals surface area contributed by atoms with Gasteiger partial charge in [-0.1, -0.05) is 12.1 Å². The maximum Gasteiger partial charge on any atom is 0.338 e. The van der Waals surface area contributed by atoms with Gasteiger partial charge in [-0.2, -0.15) is 0 Å². The summed E-state index contributed by atoms with van der Waals surface area (Å²) in [6, 6.07) is 12.0. The van der Waals surface area contributed by atoms with Gasteiger partial charge in [-0.3, -0.25) is 9.59 Å². The predicted molar refractivity (Wildman–Crippen MR) is 107 cm³/mol. The molecule has 1 aliphatic rings. The van der Waals surface area contributed by atoms with Crippen LogP contribution in [-0.4, -0.2) is 36.8 Å². The highest BCUT2D eigenvalue weighted by molar-refractivity contribution is 7.99. The number of para-hydroxylation sites is 2. The Bertz CT molecular complexity index is 900. The van der Waals surface area contributed by atoms with Crippen molar-refractivity contribution in [2.24, 2.45) is 0 Å². The van der Waals surface area contributed by atoms with Gasteiger partial charge in [-0.25, -0.2) is 4.79 Å². The highest BCUT2D eigenvalue weighted by Gasteiger charge is 2.17. The van der Waals surface area contributed by atoms with Crippen molar-refractivity contribution in [3.8, 4) is 5.75 Å². The number of anilines is 2. The van der Waals surface area contributed by atoms with Crippen molar-refractivity contribution in [2.45, 2.75) is 18.2 Å². The number of hydrogen-bond acceptors (Lipinski definition) is 6. The minimum atomic E-state index is -0.639. The van der Waals surface area contributed by atoms with Gasteiger partial charge in [0.1, 0.15) is 5.75 Å². The normalized spacial score (nSPS) is 13.0. The fourth-order valence-corrected chi connectivity index (χ4v) is 3.54. The molecule has 0 aromatic heterocycles. The van der Waals surface area contributed by atoms with Crippen molar-refractivity contribution in [2.75, 3.05) is 29.6 Å². The maximum atomic E-state index is 12.3. The number of hydrogen-bond donors (Lipinski definition) is 2. The van der Waals surface area contributed by atoms with Crippen molar-refractivity contribution in [3.05, 3.63) is 48.0 Å². The molecule has 7 nitrogen and oxygen atoms in total. The van der Waals surface area contributed by atoms with E-state index in [9.17, 15) is 14.4 Å². The molecule has 8 heteroatoms. The molecular weight excluding hydrogens is 380 g/mol. The Hall–Kier alpha value is -3.00. The highest BCUT2D eigenvalue weighted by atomic mass is 32.2. The molecule has 2 N–H and O–H groups in total. The smallest absolute Gasteiger partial charge is 0.338 e. The Morgan fingerprint density at radius 3 is 2.86 bits per heavy atom. The fourth-order valence-electron chi connectivity index (χ4n) is 2.60. The number of rotatable bonds is 6. The molecule has 1 aliphatic heterocycles. The molecular formula is C20H20N2O5S. The van der Waals surface area contributed by atoms with Crippen LogP contribution in [0.25, 0.3) is 0 Å². The summed E-state index contributed by atoms with van der Waals surface area (Å²) in [6.07, 6.45) is 0.419. The summed E-state index contributed by atoms with van der Waals surface area (Å²) in [4.78, 5) is 37.0. The molecule has 3 rings (SSSR count). The lowest BCUT2D eigenvalue weighted by Crippen LogP contribution is -2.21.